The molecule has 0 atom stereocenters. The van der Waals surface area contributed by atoms with Crippen molar-refractivity contribution in [2.45, 2.75) is 0 Å². The lowest BCUT2D eigenvalue weighted by molar-refractivity contribution is -0.384. The first-order valence-corrected chi connectivity index (χ1v) is 8.26. The van der Waals surface area contributed by atoms with Crippen molar-refractivity contribution in [2.24, 2.45) is 0 Å². The van der Waals surface area contributed by atoms with E-state index in [1.165, 1.54) is 24.3 Å². The van der Waals surface area contributed by atoms with Gasteiger partial charge in [-0.1, -0.05) is 30.3 Å². The Balaban J connectivity index is 1.63. The molecule has 0 aromatic heterocycles. The monoisotopic (exact) mass is 355 g/mol. The lowest BCUT2D eigenvalue weighted by Gasteiger charge is -2.35. The van der Waals surface area contributed by atoms with Gasteiger partial charge >= 0.3 is 0 Å². The van der Waals surface area contributed by atoms with E-state index in [1.807, 2.05) is 4.90 Å². The number of nitrogens with zero attached hydrogens (tertiary/aromatic N) is 3. The Hall–Kier alpha value is -3.22. The van der Waals surface area contributed by atoms with Gasteiger partial charge in [-0.25, -0.2) is 4.39 Å². The molecule has 0 saturated carbocycles. The number of anilines is 1. The molecule has 0 bridgehead atoms. The summed E-state index contributed by atoms with van der Waals surface area (Å²) in [6.07, 6.45) is 2.82. The lowest BCUT2D eigenvalue weighted by Crippen LogP contribution is -2.48. The van der Waals surface area contributed by atoms with Crippen LogP contribution in [0.1, 0.15) is 5.56 Å². The highest BCUT2D eigenvalue weighted by Gasteiger charge is 2.24. The first-order chi connectivity index (χ1) is 12.6. The predicted molar refractivity (Wildman–Crippen MR) is 97.3 cm³/mol. The molecule has 2 aromatic carbocycles. The van der Waals surface area contributed by atoms with Crippen LogP contribution in [0.5, 0.6) is 0 Å². The molecule has 0 spiro atoms. The third-order valence-corrected chi connectivity index (χ3v) is 4.32. The topological polar surface area (TPSA) is 66.7 Å². The summed E-state index contributed by atoms with van der Waals surface area (Å²) in [4.78, 5) is 26.6. The van der Waals surface area contributed by atoms with Crippen LogP contribution in [0.3, 0.4) is 0 Å². The van der Waals surface area contributed by atoms with Crippen LogP contribution < -0.4 is 4.90 Å². The van der Waals surface area contributed by atoms with Crippen LogP contribution in [0.25, 0.3) is 6.08 Å². The van der Waals surface area contributed by atoms with Crippen LogP contribution in [0, 0.1) is 15.9 Å². The number of carbonyl (C=O) groups is 1. The maximum atomic E-state index is 13.6. The van der Waals surface area contributed by atoms with Crippen LogP contribution in [0.4, 0.5) is 15.8 Å². The summed E-state index contributed by atoms with van der Waals surface area (Å²) in [6.45, 7) is 1.91. The molecule has 26 heavy (non-hydrogen) atoms. The van der Waals surface area contributed by atoms with Gasteiger partial charge < -0.3 is 9.80 Å². The Morgan fingerprint density at radius 3 is 2.38 bits per heavy atom. The fourth-order valence-corrected chi connectivity index (χ4v) is 2.93. The van der Waals surface area contributed by atoms with Gasteiger partial charge in [-0.15, -0.1) is 0 Å². The summed E-state index contributed by atoms with van der Waals surface area (Å²) in [6, 6.07) is 12.8. The Morgan fingerprint density at radius 1 is 1.04 bits per heavy atom. The number of rotatable bonds is 4. The van der Waals surface area contributed by atoms with Gasteiger partial charge in [0.15, 0.2) is 0 Å². The normalized spacial score (nSPS) is 14.7. The van der Waals surface area contributed by atoms with Crippen LogP contribution in [0.15, 0.2) is 54.6 Å². The van der Waals surface area contributed by atoms with Gasteiger partial charge in [-0.05, 0) is 18.2 Å². The fourth-order valence-electron chi connectivity index (χ4n) is 2.93. The number of nitro benzene ring substituents is 1. The van der Waals surface area contributed by atoms with Crippen LogP contribution >= 0.6 is 0 Å². The van der Waals surface area contributed by atoms with E-state index in [9.17, 15) is 19.3 Å². The van der Waals surface area contributed by atoms with Gasteiger partial charge in [0.25, 0.3) is 5.69 Å². The number of benzene rings is 2. The van der Waals surface area contributed by atoms with E-state index in [4.69, 9.17) is 0 Å². The average Bonchev–Trinajstić information content (AvgIpc) is 2.67. The number of hydrogen-bond donors (Lipinski definition) is 0. The zero-order valence-electron chi connectivity index (χ0n) is 14.0. The van der Waals surface area contributed by atoms with E-state index >= 15 is 0 Å². The molecule has 1 aliphatic rings. The molecule has 2 aromatic rings. The Bertz CT molecular complexity index is 845. The van der Waals surface area contributed by atoms with Crippen molar-refractivity contribution < 1.29 is 14.1 Å². The van der Waals surface area contributed by atoms with Gasteiger partial charge in [-0.3, -0.25) is 14.9 Å². The second-order valence-corrected chi connectivity index (χ2v) is 5.91. The summed E-state index contributed by atoms with van der Waals surface area (Å²) in [5.74, 6) is -0.576. The van der Waals surface area contributed by atoms with Gasteiger partial charge in [0.1, 0.15) is 11.5 Å². The number of halogens is 1. The summed E-state index contributed by atoms with van der Waals surface area (Å²) in [5, 5.41) is 11.2. The number of para-hydroxylation sites is 2. The van der Waals surface area contributed by atoms with Crippen molar-refractivity contribution in [1.82, 2.24) is 4.90 Å². The van der Waals surface area contributed by atoms with Crippen molar-refractivity contribution in [3.63, 3.8) is 0 Å². The SMILES string of the molecule is O=C(C=Cc1ccccc1F)N1CCN(c2ccccc2[N+](=O)[O-])CC1. The second kappa shape index (κ2) is 7.77. The van der Waals surface area contributed by atoms with Crippen molar-refractivity contribution in [3.8, 4) is 0 Å². The Labute approximate surface area is 150 Å². The zero-order valence-corrected chi connectivity index (χ0v) is 14.0. The molecule has 134 valence electrons. The molecule has 0 N–H and O–H groups in total. The highest BCUT2D eigenvalue weighted by atomic mass is 19.1. The minimum atomic E-state index is -0.399. The van der Waals surface area contributed by atoms with Gasteiger partial charge in [0, 0.05) is 43.9 Å². The maximum absolute atomic E-state index is 13.6. The second-order valence-electron chi connectivity index (χ2n) is 5.91. The molecule has 6 nitrogen and oxygen atoms in total. The standard InChI is InChI=1S/C19H18FN3O3/c20-16-6-2-1-5-15(16)9-10-19(24)22-13-11-21(12-14-22)17-7-3-4-8-18(17)23(25)26/h1-10H,11-14H2. The van der Waals surface area contributed by atoms with E-state index in [2.05, 4.69) is 0 Å². The largest absolute Gasteiger partial charge is 0.362 e. The predicted octanol–water partition coefficient (Wildman–Crippen LogP) is 3.10. The Kier molecular flexibility index (Phi) is 5.26. The van der Waals surface area contributed by atoms with E-state index in [-0.39, 0.29) is 17.4 Å². The molecule has 1 fully saturated rings. The first-order valence-electron chi connectivity index (χ1n) is 8.26. The number of nitro groups is 1. The number of carbonyl (C=O) groups excluding carboxylic acids is 1. The molecule has 7 heteroatoms. The molecular weight excluding hydrogens is 337 g/mol. The molecule has 3 rings (SSSR count). The summed E-state index contributed by atoms with van der Waals surface area (Å²) < 4.78 is 13.6. The fraction of sp³-hybridized carbons (Fsp3) is 0.211. The van der Waals surface area contributed by atoms with Gasteiger partial charge in [0.05, 0.1) is 4.92 Å². The van der Waals surface area contributed by atoms with Crippen LogP contribution in [-0.4, -0.2) is 41.9 Å². The van der Waals surface area contributed by atoms with Crippen molar-refractivity contribution in [2.75, 3.05) is 31.1 Å². The van der Waals surface area contributed by atoms with Crippen LogP contribution in [0.2, 0.25) is 0 Å². The maximum Gasteiger partial charge on any atom is 0.292 e. The number of amides is 1. The Morgan fingerprint density at radius 2 is 1.69 bits per heavy atom. The third-order valence-electron chi connectivity index (χ3n) is 4.32. The van der Waals surface area contributed by atoms with Crippen molar-refractivity contribution in [1.29, 1.82) is 0 Å². The molecule has 0 aliphatic carbocycles. The first kappa shape index (κ1) is 17.6. The van der Waals surface area contributed by atoms with E-state index in [0.717, 1.165) is 0 Å². The van der Waals surface area contributed by atoms with Crippen molar-refractivity contribution >= 4 is 23.4 Å². The molecule has 1 heterocycles. The molecule has 0 radical (unpaired) electrons. The minimum absolute atomic E-state index is 0.0618. The van der Waals surface area contributed by atoms with Gasteiger partial charge in [-0.2, -0.15) is 0 Å². The smallest absolute Gasteiger partial charge is 0.292 e. The van der Waals surface area contributed by atoms with E-state index < -0.39 is 4.92 Å². The van der Waals surface area contributed by atoms with E-state index in [1.54, 1.807) is 41.3 Å². The highest BCUT2D eigenvalue weighted by Crippen LogP contribution is 2.28. The molecule has 1 saturated heterocycles. The summed E-state index contributed by atoms with van der Waals surface area (Å²) in [5.41, 5.74) is 0.984. The third kappa shape index (κ3) is 3.88. The number of hydrogen-bond acceptors (Lipinski definition) is 4. The van der Waals surface area contributed by atoms with Crippen molar-refractivity contribution in [3.05, 3.63) is 76.1 Å². The van der Waals surface area contributed by atoms with Gasteiger partial charge in [0.2, 0.25) is 5.91 Å². The summed E-state index contributed by atoms with van der Waals surface area (Å²) in [7, 11) is 0. The summed E-state index contributed by atoms with van der Waals surface area (Å²) >= 11 is 0. The number of piperazine rings is 1. The lowest BCUT2D eigenvalue weighted by atomic mass is 10.2. The quantitative estimate of drug-likeness (QED) is 0.480. The average molecular weight is 355 g/mol. The molecular formula is C19H18FN3O3. The van der Waals surface area contributed by atoms with Crippen LogP contribution in [-0.2, 0) is 4.79 Å². The highest BCUT2D eigenvalue weighted by molar-refractivity contribution is 5.92. The molecule has 0 unspecified atom stereocenters. The van der Waals surface area contributed by atoms with E-state index in [0.29, 0.717) is 37.4 Å². The molecule has 1 amide bonds. The molecule has 1 aliphatic heterocycles. The minimum Gasteiger partial charge on any atom is -0.362 e. The zero-order chi connectivity index (χ0) is 18.5.